The Morgan fingerprint density at radius 2 is 2.31 bits per heavy atom. The number of nitro groups is 1. The van der Waals surface area contributed by atoms with Crippen molar-refractivity contribution in [1.82, 2.24) is 9.97 Å². The molecule has 0 amide bonds. The van der Waals surface area contributed by atoms with Crippen molar-refractivity contribution in [2.75, 3.05) is 7.11 Å². The van der Waals surface area contributed by atoms with Crippen molar-refractivity contribution < 1.29 is 9.66 Å². The topological polar surface area (TPSA) is 78.2 Å². The number of alkyl halides is 1. The summed E-state index contributed by atoms with van der Waals surface area (Å²) in [5, 5.41) is 10.9. The standard InChI is InChI=1S/C9H12BrN3O3/c1-3-6(10)4-7-8(13(14)15)9(16-2)12-5-11-7/h5-6H,3-4H2,1-2H3. The maximum absolute atomic E-state index is 10.9. The number of hydrogen-bond donors (Lipinski definition) is 0. The molecule has 0 saturated heterocycles. The number of methoxy groups -OCH3 is 1. The summed E-state index contributed by atoms with van der Waals surface area (Å²) in [6.07, 6.45) is 2.62. The molecule has 0 aliphatic heterocycles. The SMILES string of the molecule is CCC(Br)Cc1ncnc(OC)c1[N+](=O)[O-]. The van der Waals surface area contributed by atoms with E-state index in [0.717, 1.165) is 6.42 Å². The molecule has 16 heavy (non-hydrogen) atoms. The lowest BCUT2D eigenvalue weighted by atomic mass is 10.2. The zero-order valence-corrected chi connectivity index (χ0v) is 10.6. The first-order valence-corrected chi connectivity index (χ1v) is 5.68. The van der Waals surface area contributed by atoms with Crippen LogP contribution in [0.4, 0.5) is 5.69 Å². The molecule has 0 spiro atoms. The van der Waals surface area contributed by atoms with Crippen LogP contribution in [-0.2, 0) is 6.42 Å². The second-order valence-electron chi connectivity index (χ2n) is 3.15. The fourth-order valence-electron chi connectivity index (χ4n) is 1.23. The van der Waals surface area contributed by atoms with Gasteiger partial charge in [0.15, 0.2) is 0 Å². The van der Waals surface area contributed by atoms with Crippen molar-refractivity contribution >= 4 is 21.6 Å². The summed E-state index contributed by atoms with van der Waals surface area (Å²) >= 11 is 3.42. The van der Waals surface area contributed by atoms with Gasteiger partial charge in [0.25, 0.3) is 5.88 Å². The van der Waals surface area contributed by atoms with Crippen LogP contribution in [0.3, 0.4) is 0 Å². The van der Waals surface area contributed by atoms with Crippen molar-refractivity contribution in [1.29, 1.82) is 0 Å². The molecule has 0 fully saturated rings. The zero-order chi connectivity index (χ0) is 12.1. The Labute approximate surface area is 101 Å². The number of rotatable bonds is 5. The second-order valence-corrected chi connectivity index (χ2v) is 4.44. The Morgan fingerprint density at radius 1 is 1.62 bits per heavy atom. The number of halogens is 1. The average molecular weight is 290 g/mol. The van der Waals surface area contributed by atoms with Gasteiger partial charge in [-0.05, 0) is 6.42 Å². The predicted octanol–water partition coefficient (Wildman–Crippen LogP) is 2.11. The van der Waals surface area contributed by atoms with E-state index >= 15 is 0 Å². The first kappa shape index (κ1) is 12.8. The van der Waals surface area contributed by atoms with Gasteiger partial charge in [-0.25, -0.2) is 4.98 Å². The highest BCUT2D eigenvalue weighted by molar-refractivity contribution is 9.09. The number of hydrogen-bond acceptors (Lipinski definition) is 5. The summed E-state index contributed by atoms with van der Waals surface area (Å²) in [6, 6.07) is 0. The zero-order valence-electron chi connectivity index (χ0n) is 9.01. The Balaban J connectivity index is 3.12. The van der Waals surface area contributed by atoms with Gasteiger partial charge in [0.1, 0.15) is 12.0 Å². The highest BCUT2D eigenvalue weighted by atomic mass is 79.9. The van der Waals surface area contributed by atoms with Crippen LogP contribution < -0.4 is 4.74 Å². The van der Waals surface area contributed by atoms with Crippen LogP contribution in [0.25, 0.3) is 0 Å². The van der Waals surface area contributed by atoms with E-state index in [4.69, 9.17) is 4.74 Å². The van der Waals surface area contributed by atoms with Crippen LogP contribution in [0.15, 0.2) is 6.33 Å². The van der Waals surface area contributed by atoms with Crippen molar-refractivity contribution in [3.05, 3.63) is 22.1 Å². The molecule has 0 aromatic carbocycles. The molecule has 0 saturated carbocycles. The summed E-state index contributed by atoms with van der Waals surface area (Å²) in [4.78, 5) is 18.2. The van der Waals surface area contributed by atoms with Gasteiger partial charge in [0, 0.05) is 11.2 Å². The van der Waals surface area contributed by atoms with E-state index in [1.165, 1.54) is 13.4 Å². The summed E-state index contributed by atoms with van der Waals surface area (Å²) < 4.78 is 4.85. The first-order valence-electron chi connectivity index (χ1n) is 4.76. The molecule has 88 valence electrons. The predicted molar refractivity (Wildman–Crippen MR) is 61.9 cm³/mol. The summed E-state index contributed by atoms with van der Waals surface area (Å²) in [5.41, 5.74) is 0.239. The largest absolute Gasteiger partial charge is 0.476 e. The van der Waals surface area contributed by atoms with E-state index in [2.05, 4.69) is 25.9 Å². The van der Waals surface area contributed by atoms with E-state index in [-0.39, 0.29) is 16.4 Å². The van der Waals surface area contributed by atoms with Crippen molar-refractivity contribution in [2.24, 2.45) is 0 Å². The lowest BCUT2D eigenvalue weighted by Crippen LogP contribution is -2.08. The average Bonchev–Trinajstić information content (AvgIpc) is 2.28. The molecular weight excluding hydrogens is 278 g/mol. The Bertz CT molecular complexity index is 386. The Morgan fingerprint density at radius 3 is 2.81 bits per heavy atom. The second kappa shape index (κ2) is 5.74. The third kappa shape index (κ3) is 2.88. The molecule has 6 nitrogen and oxygen atoms in total. The maximum atomic E-state index is 10.9. The number of nitrogens with zero attached hydrogens (tertiary/aromatic N) is 3. The van der Waals surface area contributed by atoms with E-state index in [1.807, 2.05) is 6.92 Å². The fraction of sp³-hybridized carbons (Fsp3) is 0.556. The molecule has 7 heteroatoms. The van der Waals surface area contributed by atoms with E-state index < -0.39 is 4.92 Å². The van der Waals surface area contributed by atoms with Crippen LogP contribution in [0.5, 0.6) is 5.88 Å². The minimum atomic E-state index is -0.510. The molecule has 0 N–H and O–H groups in total. The quantitative estimate of drug-likeness (QED) is 0.471. The van der Waals surface area contributed by atoms with Crippen molar-refractivity contribution in [3.8, 4) is 5.88 Å². The van der Waals surface area contributed by atoms with E-state index in [0.29, 0.717) is 12.1 Å². The number of ether oxygens (including phenoxy) is 1. The van der Waals surface area contributed by atoms with Crippen LogP contribution >= 0.6 is 15.9 Å². The lowest BCUT2D eigenvalue weighted by Gasteiger charge is -2.07. The third-order valence-electron chi connectivity index (χ3n) is 2.10. The highest BCUT2D eigenvalue weighted by Crippen LogP contribution is 2.28. The van der Waals surface area contributed by atoms with Gasteiger partial charge in [0.05, 0.1) is 12.0 Å². The first-order chi connectivity index (χ1) is 7.60. The molecule has 1 rings (SSSR count). The van der Waals surface area contributed by atoms with Gasteiger partial charge in [-0.2, -0.15) is 4.98 Å². The summed E-state index contributed by atoms with van der Waals surface area (Å²) in [5.74, 6) is 0.00537. The van der Waals surface area contributed by atoms with Gasteiger partial charge in [0.2, 0.25) is 0 Å². The van der Waals surface area contributed by atoms with Gasteiger partial charge in [-0.3, -0.25) is 10.1 Å². The minimum absolute atomic E-state index is 0.00537. The maximum Gasteiger partial charge on any atom is 0.352 e. The van der Waals surface area contributed by atoms with Crippen LogP contribution in [-0.4, -0.2) is 26.8 Å². The molecule has 0 aliphatic carbocycles. The molecule has 0 radical (unpaired) electrons. The Hall–Kier alpha value is -1.24. The molecular formula is C9H12BrN3O3. The number of aromatic nitrogens is 2. The Kier molecular flexibility index (Phi) is 4.60. The van der Waals surface area contributed by atoms with Crippen molar-refractivity contribution in [2.45, 2.75) is 24.6 Å². The molecule has 1 aromatic rings. The smallest absolute Gasteiger partial charge is 0.352 e. The van der Waals surface area contributed by atoms with E-state index in [1.54, 1.807) is 0 Å². The van der Waals surface area contributed by atoms with Crippen LogP contribution in [0.2, 0.25) is 0 Å². The molecule has 1 unspecified atom stereocenters. The van der Waals surface area contributed by atoms with Gasteiger partial charge in [-0.1, -0.05) is 22.9 Å². The van der Waals surface area contributed by atoms with E-state index in [9.17, 15) is 10.1 Å². The highest BCUT2D eigenvalue weighted by Gasteiger charge is 2.24. The molecule has 1 atom stereocenters. The van der Waals surface area contributed by atoms with Crippen molar-refractivity contribution in [3.63, 3.8) is 0 Å². The molecule has 0 bridgehead atoms. The van der Waals surface area contributed by atoms with Gasteiger partial charge < -0.3 is 4.74 Å². The lowest BCUT2D eigenvalue weighted by molar-refractivity contribution is -0.387. The molecule has 0 aliphatic rings. The summed E-state index contributed by atoms with van der Waals surface area (Å²) in [6.45, 7) is 1.99. The van der Waals surface area contributed by atoms with Gasteiger partial charge in [-0.15, -0.1) is 0 Å². The molecule has 1 heterocycles. The monoisotopic (exact) mass is 289 g/mol. The normalized spacial score (nSPS) is 12.2. The van der Waals surface area contributed by atoms with Crippen LogP contribution in [0.1, 0.15) is 19.0 Å². The fourth-order valence-corrected chi connectivity index (χ4v) is 1.54. The van der Waals surface area contributed by atoms with Crippen LogP contribution in [0, 0.1) is 10.1 Å². The minimum Gasteiger partial charge on any atom is -0.476 e. The third-order valence-corrected chi connectivity index (χ3v) is 3.07. The van der Waals surface area contributed by atoms with Gasteiger partial charge >= 0.3 is 5.69 Å². The molecule has 1 aromatic heterocycles. The summed E-state index contributed by atoms with van der Waals surface area (Å²) in [7, 11) is 1.35.